The van der Waals surface area contributed by atoms with Gasteiger partial charge < -0.3 is 14.7 Å². The van der Waals surface area contributed by atoms with Gasteiger partial charge in [0.25, 0.3) is 0 Å². The van der Waals surface area contributed by atoms with Gasteiger partial charge in [-0.2, -0.15) is 0 Å². The summed E-state index contributed by atoms with van der Waals surface area (Å²) in [6.07, 6.45) is 2.05. The van der Waals surface area contributed by atoms with Gasteiger partial charge in [-0.3, -0.25) is 4.79 Å². The number of para-hydroxylation sites is 1. The fraction of sp³-hybridized carbons (Fsp3) is 0.500. The second-order valence-electron chi connectivity index (χ2n) is 4.81. The molecule has 0 radical (unpaired) electrons. The Balaban J connectivity index is 1.74. The van der Waals surface area contributed by atoms with Crippen LogP contribution in [0.5, 0.6) is 5.75 Å². The van der Waals surface area contributed by atoms with Gasteiger partial charge >= 0.3 is 5.97 Å². The Kier molecular flexibility index (Phi) is 4.20. The molecule has 98 valence electrons. The third kappa shape index (κ3) is 3.47. The van der Waals surface area contributed by atoms with Gasteiger partial charge in [-0.1, -0.05) is 18.2 Å². The molecule has 0 amide bonds. The maximum absolute atomic E-state index is 10.4. The summed E-state index contributed by atoms with van der Waals surface area (Å²) in [5, 5.41) is 8.59. The van der Waals surface area contributed by atoms with Crippen molar-refractivity contribution in [2.75, 3.05) is 20.1 Å². The average molecular weight is 249 g/mol. The Morgan fingerprint density at radius 3 is 3.00 bits per heavy atom. The highest BCUT2D eigenvalue weighted by atomic mass is 16.5. The van der Waals surface area contributed by atoms with Crippen LogP contribution >= 0.6 is 0 Å². The lowest BCUT2D eigenvalue weighted by Gasteiger charge is -2.20. The van der Waals surface area contributed by atoms with Crippen LogP contribution < -0.4 is 4.74 Å². The third-order valence-corrected chi connectivity index (χ3v) is 3.16. The van der Waals surface area contributed by atoms with Crippen LogP contribution in [0.25, 0.3) is 0 Å². The summed E-state index contributed by atoms with van der Waals surface area (Å²) < 4.78 is 5.85. The Morgan fingerprint density at radius 1 is 1.50 bits per heavy atom. The molecule has 0 spiro atoms. The van der Waals surface area contributed by atoms with E-state index in [9.17, 15) is 4.79 Å². The van der Waals surface area contributed by atoms with E-state index in [1.807, 2.05) is 25.2 Å². The SMILES string of the molecule is CN(CCCC(=O)O)CC1Cc2ccccc2O1. The molecule has 1 N–H and O–H groups in total. The first-order chi connectivity index (χ1) is 8.65. The summed E-state index contributed by atoms with van der Waals surface area (Å²) in [5.41, 5.74) is 1.27. The Hall–Kier alpha value is -1.55. The smallest absolute Gasteiger partial charge is 0.303 e. The van der Waals surface area contributed by atoms with Crippen LogP contribution in [0, 0.1) is 0 Å². The molecule has 0 saturated heterocycles. The maximum atomic E-state index is 10.4. The van der Waals surface area contributed by atoms with E-state index < -0.39 is 5.97 Å². The number of nitrogens with zero attached hydrogens (tertiary/aromatic N) is 1. The third-order valence-electron chi connectivity index (χ3n) is 3.16. The van der Waals surface area contributed by atoms with Crippen molar-refractivity contribution in [3.8, 4) is 5.75 Å². The standard InChI is InChI=1S/C14H19NO3/c1-15(8-4-7-14(16)17)10-12-9-11-5-2-3-6-13(11)18-12/h2-3,5-6,12H,4,7-10H2,1H3,(H,16,17). The molecular weight excluding hydrogens is 230 g/mol. The maximum Gasteiger partial charge on any atom is 0.303 e. The van der Waals surface area contributed by atoms with Crippen molar-refractivity contribution in [1.82, 2.24) is 4.90 Å². The van der Waals surface area contributed by atoms with Crippen LogP contribution in [-0.2, 0) is 11.2 Å². The first-order valence-electron chi connectivity index (χ1n) is 6.30. The summed E-state index contributed by atoms with van der Waals surface area (Å²) in [7, 11) is 2.01. The molecule has 1 aliphatic rings. The van der Waals surface area contributed by atoms with Crippen molar-refractivity contribution in [2.24, 2.45) is 0 Å². The van der Waals surface area contributed by atoms with Gasteiger partial charge in [-0.25, -0.2) is 0 Å². The number of carboxylic acid groups (broad SMARTS) is 1. The zero-order valence-corrected chi connectivity index (χ0v) is 10.6. The molecule has 0 aliphatic carbocycles. The topological polar surface area (TPSA) is 49.8 Å². The number of carboxylic acids is 1. The molecule has 0 fully saturated rings. The Bertz CT molecular complexity index is 394. The van der Waals surface area contributed by atoms with Crippen LogP contribution in [-0.4, -0.2) is 42.2 Å². The lowest BCUT2D eigenvalue weighted by Crippen LogP contribution is -2.32. The highest BCUT2D eigenvalue weighted by Gasteiger charge is 2.23. The molecule has 1 aromatic carbocycles. The van der Waals surface area contributed by atoms with E-state index in [1.165, 1.54) is 5.56 Å². The van der Waals surface area contributed by atoms with Gasteiger partial charge in [-0.15, -0.1) is 0 Å². The highest BCUT2D eigenvalue weighted by molar-refractivity contribution is 5.66. The Morgan fingerprint density at radius 2 is 2.28 bits per heavy atom. The minimum absolute atomic E-state index is 0.192. The van der Waals surface area contributed by atoms with Crippen LogP contribution in [0.1, 0.15) is 18.4 Å². The van der Waals surface area contributed by atoms with E-state index in [-0.39, 0.29) is 12.5 Å². The molecule has 0 aromatic heterocycles. The minimum Gasteiger partial charge on any atom is -0.488 e. The number of carbonyl (C=O) groups is 1. The zero-order valence-electron chi connectivity index (χ0n) is 10.6. The number of rotatable bonds is 6. The molecule has 1 aromatic rings. The second-order valence-corrected chi connectivity index (χ2v) is 4.81. The van der Waals surface area contributed by atoms with E-state index in [2.05, 4.69) is 11.0 Å². The second kappa shape index (κ2) is 5.87. The van der Waals surface area contributed by atoms with Crippen molar-refractivity contribution in [3.05, 3.63) is 29.8 Å². The van der Waals surface area contributed by atoms with Gasteiger partial charge in [0.1, 0.15) is 11.9 Å². The average Bonchev–Trinajstić information content (AvgIpc) is 2.70. The fourth-order valence-corrected chi connectivity index (χ4v) is 2.29. The largest absolute Gasteiger partial charge is 0.488 e. The van der Waals surface area contributed by atoms with Gasteiger partial charge in [0.15, 0.2) is 0 Å². The van der Waals surface area contributed by atoms with Crippen molar-refractivity contribution in [3.63, 3.8) is 0 Å². The van der Waals surface area contributed by atoms with Crippen molar-refractivity contribution in [2.45, 2.75) is 25.4 Å². The number of benzene rings is 1. The number of hydrogen-bond acceptors (Lipinski definition) is 3. The van der Waals surface area contributed by atoms with Crippen LogP contribution in [0.15, 0.2) is 24.3 Å². The van der Waals surface area contributed by atoms with E-state index in [0.717, 1.165) is 25.3 Å². The molecule has 18 heavy (non-hydrogen) atoms. The number of aliphatic carboxylic acids is 1. The molecule has 1 atom stereocenters. The summed E-state index contributed by atoms with van der Waals surface area (Å²) in [5.74, 6) is 0.259. The van der Waals surface area contributed by atoms with Gasteiger partial charge in [-0.05, 0) is 31.6 Å². The molecule has 0 bridgehead atoms. The summed E-state index contributed by atoms with van der Waals surface area (Å²) in [6.45, 7) is 1.64. The molecule has 0 saturated carbocycles. The lowest BCUT2D eigenvalue weighted by molar-refractivity contribution is -0.137. The first-order valence-corrected chi connectivity index (χ1v) is 6.30. The first kappa shape index (κ1) is 12.9. The van der Waals surface area contributed by atoms with E-state index in [0.29, 0.717) is 6.42 Å². The van der Waals surface area contributed by atoms with E-state index >= 15 is 0 Å². The molecule has 2 rings (SSSR count). The number of likely N-dealkylation sites (N-methyl/N-ethyl adjacent to an activating group) is 1. The summed E-state index contributed by atoms with van der Waals surface area (Å²) >= 11 is 0. The monoisotopic (exact) mass is 249 g/mol. The normalized spacial score (nSPS) is 17.6. The van der Waals surface area contributed by atoms with Gasteiger partial charge in [0.05, 0.1) is 0 Å². The fourth-order valence-electron chi connectivity index (χ4n) is 2.29. The molecule has 1 unspecified atom stereocenters. The van der Waals surface area contributed by atoms with Crippen molar-refractivity contribution in [1.29, 1.82) is 0 Å². The number of fused-ring (bicyclic) bond motifs is 1. The van der Waals surface area contributed by atoms with E-state index in [4.69, 9.17) is 9.84 Å². The molecule has 4 nitrogen and oxygen atoms in total. The van der Waals surface area contributed by atoms with Crippen LogP contribution in [0.3, 0.4) is 0 Å². The zero-order chi connectivity index (χ0) is 13.0. The minimum atomic E-state index is -0.729. The van der Waals surface area contributed by atoms with Crippen LogP contribution in [0.2, 0.25) is 0 Å². The van der Waals surface area contributed by atoms with E-state index in [1.54, 1.807) is 0 Å². The molecule has 4 heteroatoms. The summed E-state index contributed by atoms with van der Waals surface area (Å²) in [6, 6.07) is 8.11. The molecular formula is C14H19NO3. The van der Waals surface area contributed by atoms with Gasteiger partial charge in [0.2, 0.25) is 0 Å². The highest BCUT2D eigenvalue weighted by Crippen LogP contribution is 2.28. The van der Waals surface area contributed by atoms with Gasteiger partial charge in [0, 0.05) is 19.4 Å². The molecule has 1 aliphatic heterocycles. The molecule has 1 heterocycles. The predicted octanol–water partition coefficient (Wildman–Crippen LogP) is 1.79. The van der Waals surface area contributed by atoms with Crippen molar-refractivity contribution < 1.29 is 14.6 Å². The number of ether oxygens (including phenoxy) is 1. The predicted molar refractivity (Wildman–Crippen MR) is 68.9 cm³/mol. The van der Waals surface area contributed by atoms with Crippen molar-refractivity contribution >= 4 is 5.97 Å². The lowest BCUT2D eigenvalue weighted by atomic mass is 10.1. The quantitative estimate of drug-likeness (QED) is 0.835. The summed E-state index contributed by atoms with van der Waals surface area (Å²) in [4.78, 5) is 12.6. The number of hydrogen-bond donors (Lipinski definition) is 1. The Labute approximate surface area is 107 Å². The van der Waals surface area contributed by atoms with Crippen LogP contribution in [0.4, 0.5) is 0 Å².